The molecule has 0 saturated carbocycles. The Labute approximate surface area is 189 Å². The molecule has 3 rings (SSSR count). The molecule has 0 bridgehead atoms. The summed E-state index contributed by atoms with van der Waals surface area (Å²) in [5.41, 5.74) is 9.24. The Kier molecular flexibility index (Phi) is 6.84. The number of carbonyl (C=O) groups is 1. The van der Waals surface area contributed by atoms with E-state index in [2.05, 4.69) is 47.1 Å². The molecule has 7 nitrogen and oxygen atoms in total. The molecule has 2 aromatic carbocycles. The van der Waals surface area contributed by atoms with Crippen LogP contribution in [-0.2, 0) is 14.8 Å². The number of aromatic nitrogens is 1. The fraction of sp³-hybridized carbons (Fsp3) is 0.250. The van der Waals surface area contributed by atoms with Crippen molar-refractivity contribution in [3.8, 4) is 5.69 Å². The third kappa shape index (κ3) is 5.26. The van der Waals surface area contributed by atoms with Gasteiger partial charge in [-0.3, -0.25) is 9.10 Å². The van der Waals surface area contributed by atoms with E-state index in [9.17, 15) is 13.2 Å². The van der Waals surface area contributed by atoms with Crippen molar-refractivity contribution >= 4 is 27.8 Å². The van der Waals surface area contributed by atoms with Crippen LogP contribution in [0.4, 0.5) is 5.69 Å². The Morgan fingerprint density at radius 2 is 1.75 bits per heavy atom. The summed E-state index contributed by atoms with van der Waals surface area (Å²) in [5.74, 6) is -0.529. The van der Waals surface area contributed by atoms with Crippen LogP contribution >= 0.6 is 0 Å². The number of hydrogen-bond donors (Lipinski definition) is 1. The quantitative estimate of drug-likeness (QED) is 0.439. The lowest BCUT2D eigenvalue weighted by Crippen LogP contribution is -2.38. The van der Waals surface area contributed by atoms with Crippen LogP contribution in [0.25, 0.3) is 5.69 Å². The number of amides is 1. The van der Waals surface area contributed by atoms with Gasteiger partial charge in [0.2, 0.25) is 10.0 Å². The Hall–Kier alpha value is -3.39. The van der Waals surface area contributed by atoms with Crippen molar-refractivity contribution in [1.29, 1.82) is 0 Å². The number of sulfonamides is 1. The summed E-state index contributed by atoms with van der Waals surface area (Å²) in [4.78, 5) is 12.4. The summed E-state index contributed by atoms with van der Waals surface area (Å²) < 4.78 is 27.5. The van der Waals surface area contributed by atoms with Gasteiger partial charge in [0.1, 0.15) is 6.54 Å². The van der Waals surface area contributed by atoms with Crippen molar-refractivity contribution in [1.82, 2.24) is 9.99 Å². The first-order valence-corrected chi connectivity index (χ1v) is 12.0. The largest absolute Gasteiger partial charge is 0.318 e. The number of anilines is 1. The first-order chi connectivity index (χ1) is 15.1. The Morgan fingerprint density at radius 1 is 1.06 bits per heavy atom. The summed E-state index contributed by atoms with van der Waals surface area (Å²) in [5, 5.41) is 4.06. The molecular weight excluding hydrogens is 424 g/mol. The van der Waals surface area contributed by atoms with Crippen LogP contribution in [-0.4, -0.2) is 37.9 Å². The number of hydrazone groups is 1. The summed E-state index contributed by atoms with van der Waals surface area (Å²) in [6.07, 6.45) is 2.64. The van der Waals surface area contributed by atoms with Gasteiger partial charge in [0.25, 0.3) is 5.91 Å². The van der Waals surface area contributed by atoms with Gasteiger partial charge in [-0.15, -0.1) is 0 Å². The molecule has 0 unspecified atom stereocenters. The maximum absolute atomic E-state index is 12.4. The zero-order chi connectivity index (χ0) is 23.5. The van der Waals surface area contributed by atoms with Gasteiger partial charge in [0.15, 0.2) is 0 Å². The first kappa shape index (κ1) is 23.3. The molecule has 1 aromatic heterocycles. The third-order valence-electron chi connectivity index (χ3n) is 5.19. The zero-order valence-corrected chi connectivity index (χ0v) is 19.8. The molecule has 0 fully saturated rings. The molecule has 1 amide bonds. The molecule has 1 N–H and O–H groups in total. The van der Waals surface area contributed by atoms with E-state index < -0.39 is 15.9 Å². The highest BCUT2D eigenvalue weighted by molar-refractivity contribution is 7.92. The monoisotopic (exact) mass is 452 g/mol. The maximum atomic E-state index is 12.4. The molecule has 0 aliphatic carbocycles. The SMILES string of the molecule is Cc1ccc(-n2c(C)cc(/C=N\NC(=O)CN(c3ccccc3)S(C)(=O)=O)c2C)c(C)c1. The van der Waals surface area contributed by atoms with E-state index in [0.717, 1.165) is 33.2 Å². The summed E-state index contributed by atoms with van der Waals surface area (Å²) in [6.45, 7) is 7.80. The molecule has 0 saturated heterocycles. The highest BCUT2D eigenvalue weighted by Crippen LogP contribution is 2.23. The molecule has 8 heteroatoms. The molecule has 3 aromatic rings. The molecule has 0 atom stereocenters. The van der Waals surface area contributed by atoms with Crippen LogP contribution in [0.5, 0.6) is 0 Å². The molecule has 0 aliphatic rings. The minimum absolute atomic E-state index is 0.359. The van der Waals surface area contributed by atoms with Crippen molar-refractivity contribution in [3.63, 3.8) is 0 Å². The number of carbonyl (C=O) groups excluding carboxylic acids is 1. The number of aryl methyl sites for hydroxylation is 3. The topological polar surface area (TPSA) is 83.8 Å². The number of para-hydroxylation sites is 1. The minimum Gasteiger partial charge on any atom is -0.318 e. The number of hydrogen-bond acceptors (Lipinski definition) is 4. The minimum atomic E-state index is -3.62. The second-order valence-corrected chi connectivity index (χ2v) is 9.76. The molecule has 1 heterocycles. The number of nitrogens with zero attached hydrogens (tertiary/aromatic N) is 3. The maximum Gasteiger partial charge on any atom is 0.260 e. The van der Waals surface area contributed by atoms with E-state index in [-0.39, 0.29) is 6.54 Å². The van der Waals surface area contributed by atoms with Crippen molar-refractivity contribution in [2.24, 2.45) is 5.10 Å². The number of rotatable bonds is 7. The van der Waals surface area contributed by atoms with Crippen LogP contribution < -0.4 is 9.73 Å². The Bertz CT molecular complexity index is 1260. The van der Waals surface area contributed by atoms with E-state index >= 15 is 0 Å². The normalized spacial score (nSPS) is 11.7. The highest BCUT2D eigenvalue weighted by atomic mass is 32.2. The van der Waals surface area contributed by atoms with Gasteiger partial charge in [-0.1, -0.05) is 35.9 Å². The summed E-state index contributed by atoms with van der Waals surface area (Å²) in [6, 6.07) is 16.8. The van der Waals surface area contributed by atoms with E-state index in [1.54, 1.807) is 36.5 Å². The van der Waals surface area contributed by atoms with Gasteiger partial charge in [-0.25, -0.2) is 13.8 Å². The van der Waals surface area contributed by atoms with Gasteiger partial charge in [-0.2, -0.15) is 5.10 Å². The average Bonchev–Trinajstić information content (AvgIpc) is 2.99. The highest BCUT2D eigenvalue weighted by Gasteiger charge is 2.20. The van der Waals surface area contributed by atoms with E-state index in [1.807, 2.05) is 19.9 Å². The Morgan fingerprint density at radius 3 is 2.38 bits per heavy atom. The van der Waals surface area contributed by atoms with Crippen LogP contribution in [0.1, 0.15) is 28.1 Å². The van der Waals surface area contributed by atoms with Crippen molar-refractivity contribution in [3.05, 3.63) is 82.7 Å². The fourth-order valence-corrected chi connectivity index (χ4v) is 4.54. The molecule has 168 valence electrons. The molecule has 32 heavy (non-hydrogen) atoms. The van der Waals surface area contributed by atoms with Gasteiger partial charge in [-0.05, 0) is 57.5 Å². The molecule has 0 aliphatic heterocycles. The predicted molar refractivity (Wildman–Crippen MR) is 129 cm³/mol. The van der Waals surface area contributed by atoms with Crippen molar-refractivity contribution in [2.45, 2.75) is 27.7 Å². The zero-order valence-electron chi connectivity index (χ0n) is 19.0. The van der Waals surface area contributed by atoms with Crippen molar-refractivity contribution < 1.29 is 13.2 Å². The molecule has 0 radical (unpaired) electrons. The second kappa shape index (κ2) is 9.40. The van der Waals surface area contributed by atoms with Crippen LogP contribution in [0.3, 0.4) is 0 Å². The van der Waals surface area contributed by atoms with E-state index in [4.69, 9.17) is 0 Å². The lowest BCUT2D eigenvalue weighted by atomic mass is 10.1. The van der Waals surface area contributed by atoms with Gasteiger partial charge in [0.05, 0.1) is 18.2 Å². The average molecular weight is 453 g/mol. The second-order valence-electron chi connectivity index (χ2n) is 7.85. The standard InChI is InChI=1S/C24H28N4O3S/c1-17-11-12-23(18(2)13-17)28-19(3)14-21(20(28)4)15-25-26-24(29)16-27(32(5,30)31)22-9-7-6-8-10-22/h6-15H,16H2,1-5H3,(H,26,29)/b25-15-. The predicted octanol–water partition coefficient (Wildman–Crippen LogP) is 3.63. The first-order valence-electron chi connectivity index (χ1n) is 10.2. The Balaban J connectivity index is 1.75. The molecular formula is C24H28N4O3S. The third-order valence-corrected chi connectivity index (χ3v) is 6.33. The fourth-order valence-electron chi connectivity index (χ4n) is 3.68. The molecule has 0 spiro atoms. The lowest BCUT2D eigenvalue weighted by Gasteiger charge is -2.21. The van der Waals surface area contributed by atoms with Crippen LogP contribution in [0.15, 0.2) is 59.7 Å². The van der Waals surface area contributed by atoms with Crippen LogP contribution in [0.2, 0.25) is 0 Å². The van der Waals surface area contributed by atoms with Gasteiger partial charge >= 0.3 is 0 Å². The number of nitrogens with one attached hydrogen (secondary N) is 1. The van der Waals surface area contributed by atoms with Gasteiger partial charge in [0, 0.05) is 22.6 Å². The summed E-state index contributed by atoms with van der Waals surface area (Å²) >= 11 is 0. The summed E-state index contributed by atoms with van der Waals surface area (Å²) in [7, 11) is -3.62. The van der Waals surface area contributed by atoms with Crippen molar-refractivity contribution in [2.75, 3.05) is 17.1 Å². The van der Waals surface area contributed by atoms with Crippen LogP contribution in [0, 0.1) is 27.7 Å². The number of benzene rings is 2. The smallest absolute Gasteiger partial charge is 0.260 e. The van der Waals surface area contributed by atoms with E-state index in [1.165, 1.54) is 11.1 Å². The van der Waals surface area contributed by atoms with E-state index in [0.29, 0.717) is 5.69 Å². The van der Waals surface area contributed by atoms with Gasteiger partial charge < -0.3 is 4.57 Å². The lowest BCUT2D eigenvalue weighted by molar-refractivity contribution is -0.119.